The first-order valence-electron chi connectivity index (χ1n) is 7.11. The van der Waals surface area contributed by atoms with E-state index in [0.717, 1.165) is 12.8 Å². The Morgan fingerprint density at radius 3 is 2.30 bits per heavy atom. The van der Waals surface area contributed by atoms with Crippen molar-refractivity contribution in [2.24, 2.45) is 0 Å². The van der Waals surface area contributed by atoms with Gasteiger partial charge < -0.3 is 0 Å². The van der Waals surface area contributed by atoms with Gasteiger partial charge in [-0.05, 0) is 34.7 Å². The second-order valence-corrected chi connectivity index (χ2v) is 5.03. The number of rotatable bonds is 4. The maximum atomic E-state index is 2.30. The fourth-order valence-corrected chi connectivity index (χ4v) is 2.43. The molecule has 3 aromatic rings. The summed E-state index contributed by atoms with van der Waals surface area (Å²) < 4.78 is 0. The van der Waals surface area contributed by atoms with E-state index < -0.39 is 0 Å². The van der Waals surface area contributed by atoms with Crippen molar-refractivity contribution in [2.75, 3.05) is 0 Å². The Hall–Kier alpha value is -2.34. The molecule has 0 aliphatic rings. The first kappa shape index (κ1) is 12.7. The zero-order valence-electron chi connectivity index (χ0n) is 11.5. The molecule has 0 atom stereocenters. The van der Waals surface area contributed by atoms with Gasteiger partial charge >= 0.3 is 0 Å². The minimum Gasteiger partial charge on any atom is -0.0836 e. The summed E-state index contributed by atoms with van der Waals surface area (Å²) in [4.78, 5) is 0. The molecule has 0 saturated carbocycles. The second-order valence-electron chi connectivity index (χ2n) is 5.03. The summed E-state index contributed by atoms with van der Waals surface area (Å²) in [5.74, 6) is 0. The Labute approximate surface area is 120 Å². The molecule has 0 bridgehead atoms. The van der Waals surface area contributed by atoms with Crippen molar-refractivity contribution in [3.8, 4) is 0 Å². The Kier molecular flexibility index (Phi) is 3.93. The Balaban J connectivity index is 1.64. The normalized spacial score (nSPS) is 11.2. The molecule has 3 aromatic carbocycles. The van der Waals surface area contributed by atoms with Gasteiger partial charge in [0.1, 0.15) is 0 Å². The van der Waals surface area contributed by atoms with Gasteiger partial charge in [-0.15, -0.1) is 0 Å². The van der Waals surface area contributed by atoms with Gasteiger partial charge in [0, 0.05) is 0 Å². The molecule has 0 radical (unpaired) electrons. The Morgan fingerprint density at radius 2 is 1.45 bits per heavy atom. The van der Waals surface area contributed by atoms with Crippen LogP contribution in [0.3, 0.4) is 0 Å². The third-order valence-corrected chi connectivity index (χ3v) is 3.52. The maximum absolute atomic E-state index is 2.30. The summed E-state index contributed by atoms with van der Waals surface area (Å²) in [7, 11) is 0. The summed E-state index contributed by atoms with van der Waals surface area (Å²) in [6.07, 6.45) is 6.62. The number of hydrogen-bond donors (Lipinski definition) is 0. The number of aryl methyl sites for hydroxylation is 1. The molecule has 20 heavy (non-hydrogen) atoms. The number of hydrogen-bond acceptors (Lipinski definition) is 0. The highest BCUT2D eigenvalue weighted by atomic mass is 14.0. The SMILES string of the molecule is C(=C\c1ccccc1)/CCc1ccc2ccccc2c1. The van der Waals surface area contributed by atoms with E-state index in [-0.39, 0.29) is 0 Å². The summed E-state index contributed by atoms with van der Waals surface area (Å²) >= 11 is 0. The predicted octanol–water partition coefficient (Wildman–Crippen LogP) is 5.49. The maximum Gasteiger partial charge on any atom is -0.0181 e. The molecule has 0 fully saturated rings. The lowest BCUT2D eigenvalue weighted by Crippen LogP contribution is -1.83. The van der Waals surface area contributed by atoms with Crippen molar-refractivity contribution in [3.63, 3.8) is 0 Å². The van der Waals surface area contributed by atoms with Crippen LogP contribution in [0.5, 0.6) is 0 Å². The van der Waals surface area contributed by atoms with Gasteiger partial charge in [-0.2, -0.15) is 0 Å². The lowest BCUT2D eigenvalue weighted by Gasteiger charge is -2.02. The van der Waals surface area contributed by atoms with Crippen molar-refractivity contribution in [1.82, 2.24) is 0 Å². The van der Waals surface area contributed by atoms with Crippen molar-refractivity contribution in [2.45, 2.75) is 12.8 Å². The van der Waals surface area contributed by atoms with Crippen LogP contribution in [0, 0.1) is 0 Å². The van der Waals surface area contributed by atoms with Crippen molar-refractivity contribution < 1.29 is 0 Å². The number of allylic oxidation sites excluding steroid dienone is 1. The summed E-state index contributed by atoms with van der Waals surface area (Å²) in [5, 5.41) is 2.65. The molecule has 0 saturated heterocycles. The van der Waals surface area contributed by atoms with E-state index in [9.17, 15) is 0 Å². The molecule has 0 unspecified atom stereocenters. The molecule has 0 aromatic heterocycles. The number of benzene rings is 3. The largest absolute Gasteiger partial charge is 0.0836 e. The highest BCUT2D eigenvalue weighted by Gasteiger charge is 1.95. The molecular formula is C20H18. The Morgan fingerprint density at radius 1 is 0.700 bits per heavy atom. The highest BCUT2D eigenvalue weighted by molar-refractivity contribution is 5.82. The van der Waals surface area contributed by atoms with E-state index >= 15 is 0 Å². The van der Waals surface area contributed by atoms with E-state index in [2.05, 4.69) is 78.9 Å². The minimum atomic E-state index is 1.08. The average Bonchev–Trinajstić information content (AvgIpc) is 2.52. The first-order valence-corrected chi connectivity index (χ1v) is 7.11. The lowest BCUT2D eigenvalue weighted by molar-refractivity contribution is 1.01. The van der Waals surface area contributed by atoms with Gasteiger partial charge in [-0.3, -0.25) is 0 Å². The average molecular weight is 258 g/mol. The van der Waals surface area contributed by atoms with Gasteiger partial charge in [0.2, 0.25) is 0 Å². The zero-order valence-corrected chi connectivity index (χ0v) is 11.5. The molecule has 3 rings (SSSR count). The predicted molar refractivity (Wildman–Crippen MR) is 87.7 cm³/mol. The molecule has 0 spiro atoms. The molecule has 0 nitrogen and oxygen atoms in total. The quantitative estimate of drug-likeness (QED) is 0.580. The zero-order chi connectivity index (χ0) is 13.6. The van der Waals surface area contributed by atoms with Crippen molar-refractivity contribution in [3.05, 3.63) is 90.0 Å². The summed E-state index contributed by atoms with van der Waals surface area (Å²) in [5.41, 5.74) is 2.67. The van der Waals surface area contributed by atoms with E-state index in [1.165, 1.54) is 21.9 Å². The van der Waals surface area contributed by atoms with Crippen molar-refractivity contribution >= 4 is 16.8 Å². The molecule has 0 N–H and O–H groups in total. The minimum absolute atomic E-state index is 1.08. The van der Waals surface area contributed by atoms with Gasteiger partial charge in [-0.1, -0.05) is 84.9 Å². The summed E-state index contributed by atoms with van der Waals surface area (Å²) in [6.45, 7) is 0. The van der Waals surface area contributed by atoms with Crippen LogP contribution in [0.25, 0.3) is 16.8 Å². The second kappa shape index (κ2) is 6.21. The molecular weight excluding hydrogens is 240 g/mol. The standard InChI is InChI=1S/C20H18/c1-2-8-17(9-3-1)10-4-5-11-18-14-15-19-12-6-7-13-20(19)16-18/h1-4,6-10,12-16H,5,11H2/b10-4+. The van der Waals surface area contributed by atoms with E-state index in [4.69, 9.17) is 0 Å². The third-order valence-electron chi connectivity index (χ3n) is 3.52. The van der Waals surface area contributed by atoms with Gasteiger partial charge in [0.25, 0.3) is 0 Å². The number of fused-ring (bicyclic) bond motifs is 1. The monoisotopic (exact) mass is 258 g/mol. The fourth-order valence-electron chi connectivity index (χ4n) is 2.43. The van der Waals surface area contributed by atoms with Gasteiger partial charge in [0.05, 0.1) is 0 Å². The van der Waals surface area contributed by atoms with Crippen LogP contribution in [0.2, 0.25) is 0 Å². The lowest BCUT2D eigenvalue weighted by atomic mass is 10.0. The smallest absolute Gasteiger partial charge is 0.0181 e. The van der Waals surface area contributed by atoms with E-state index in [1.807, 2.05) is 6.07 Å². The van der Waals surface area contributed by atoms with E-state index in [1.54, 1.807) is 0 Å². The van der Waals surface area contributed by atoms with Crippen LogP contribution in [-0.4, -0.2) is 0 Å². The molecule has 0 heterocycles. The highest BCUT2D eigenvalue weighted by Crippen LogP contribution is 2.16. The van der Waals surface area contributed by atoms with Gasteiger partial charge in [-0.25, -0.2) is 0 Å². The van der Waals surface area contributed by atoms with Crippen LogP contribution in [0.4, 0.5) is 0 Å². The molecule has 0 aliphatic heterocycles. The third kappa shape index (κ3) is 3.16. The van der Waals surface area contributed by atoms with Gasteiger partial charge in [0.15, 0.2) is 0 Å². The summed E-state index contributed by atoms with van der Waals surface area (Å²) in [6, 6.07) is 25.7. The fraction of sp³-hybridized carbons (Fsp3) is 0.100. The van der Waals surface area contributed by atoms with Crippen LogP contribution >= 0.6 is 0 Å². The van der Waals surface area contributed by atoms with E-state index in [0.29, 0.717) is 0 Å². The topological polar surface area (TPSA) is 0 Å². The van der Waals surface area contributed by atoms with Crippen LogP contribution < -0.4 is 0 Å². The van der Waals surface area contributed by atoms with Crippen LogP contribution in [-0.2, 0) is 6.42 Å². The molecule has 0 amide bonds. The molecule has 98 valence electrons. The Bertz CT molecular complexity index is 708. The molecule has 0 heteroatoms. The van der Waals surface area contributed by atoms with Crippen LogP contribution in [0.15, 0.2) is 78.9 Å². The van der Waals surface area contributed by atoms with Crippen molar-refractivity contribution in [1.29, 1.82) is 0 Å². The van der Waals surface area contributed by atoms with Crippen LogP contribution in [0.1, 0.15) is 17.5 Å². The first-order chi connectivity index (χ1) is 9.92. The molecule has 0 aliphatic carbocycles.